The fourth-order valence-corrected chi connectivity index (χ4v) is 2.22. The van der Waals surface area contributed by atoms with E-state index in [0.29, 0.717) is 0 Å². The van der Waals surface area contributed by atoms with Crippen LogP contribution in [-0.4, -0.2) is 5.71 Å². The van der Waals surface area contributed by atoms with Crippen molar-refractivity contribution in [3.8, 4) is 0 Å². The zero-order valence-electron chi connectivity index (χ0n) is 20.8. The van der Waals surface area contributed by atoms with Crippen LogP contribution in [0.25, 0.3) is 0 Å². The van der Waals surface area contributed by atoms with Crippen LogP contribution < -0.4 is 0 Å². The van der Waals surface area contributed by atoms with Gasteiger partial charge >= 0.3 is 0 Å². The van der Waals surface area contributed by atoms with E-state index in [9.17, 15) is 0 Å². The van der Waals surface area contributed by atoms with Crippen LogP contribution in [0, 0.1) is 13.8 Å². The lowest BCUT2D eigenvalue weighted by Crippen LogP contribution is -1.86. The molecular weight excluding hydrogens is 350 g/mol. The molecule has 0 aliphatic heterocycles. The van der Waals surface area contributed by atoms with Gasteiger partial charge in [-0.1, -0.05) is 109 Å². The number of aliphatic imine (C=N–C) groups is 1. The first-order chi connectivity index (χ1) is 13.9. The van der Waals surface area contributed by atoms with Gasteiger partial charge in [-0.3, -0.25) is 4.99 Å². The first-order valence-electron chi connectivity index (χ1n) is 11.5. The second-order valence-electron chi connectivity index (χ2n) is 7.49. The zero-order chi connectivity index (χ0) is 22.5. The smallest absolute Gasteiger partial charge is 0.0658 e. The maximum Gasteiger partial charge on any atom is 0.0658 e. The number of nitrogens with zero attached hydrogens (tertiary/aromatic N) is 1. The molecule has 2 aromatic carbocycles. The highest BCUT2D eigenvalue weighted by Gasteiger charge is 1.93. The van der Waals surface area contributed by atoms with E-state index in [4.69, 9.17) is 0 Å². The van der Waals surface area contributed by atoms with Gasteiger partial charge in [-0.2, -0.15) is 0 Å². The van der Waals surface area contributed by atoms with Crippen molar-refractivity contribution in [1.82, 2.24) is 0 Å². The predicted molar refractivity (Wildman–Crippen MR) is 136 cm³/mol. The van der Waals surface area contributed by atoms with Crippen molar-refractivity contribution in [3.05, 3.63) is 65.2 Å². The second kappa shape index (κ2) is 20.8. The summed E-state index contributed by atoms with van der Waals surface area (Å²) in [7, 11) is 0. The maximum absolute atomic E-state index is 4.49. The van der Waals surface area contributed by atoms with Gasteiger partial charge in [0.2, 0.25) is 0 Å². The third-order valence-electron chi connectivity index (χ3n) is 3.84. The molecule has 164 valence electrons. The van der Waals surface area contributed by atoms with E-state index in [1.54, 1.807) is 0 Å². The van der Waals surface area contributed by atoms with Crippen molar-refractivity contribution in [3.63, 3.8) is 0 Å². The van der Waals surface area contributed by atoms with Crippen LogP contribution in [0.1, 0.15) is 97.3 Å². The number of para-hydroxylation sites is 1. The van der Waals surface area contributed by atoms with Crippen molar-refractivity contribution < 1.29 is 0 Å². The fraction of sp³-hybridized carbons (Fsp3) is 0.536. The molecule has 0 fully saturated rings. The molecule has 0 atom stereocenters. The Morgan fingerprint density at radius 2 is 1.38 bits per heavy atom. The minimum Gasteiger partial charge on any atom is -0.258 e. The van der Waals surface area contributed by atoms with E-state index in [-0.39, 0.29) is 0 Å². The van der Waals surface area contributed by atoms with Gasteiger partial charge in [-0.15, -0.1) is 0 Å². The molecule has 2 rings (SSSR count). The summed E-state index contributed by atoms with van der Waals surface area (Å²) in [6, 6.07) is 17.0. The van der Waals surface area contributed by atoms with Crippen molar-refractivity contribution in [1.29, 1.82) is 0 Å². The van der Waals surface area contributed by atoms with Gasteiger partial charge in [0.05, 0.1) is 5.69 Å². The molecule has 0 radical (unpaired) electrons. The summed E-state index contributed by atoms with van der Waals surface area (Å²) in [6.45, 7) is 19.1. The van der Waals surface area contributed by atoms with Crippen LogP contribution >= 0.6 is 0 Å². The standard InChI is InChI=1S/C11H15N.C11H16.2C3H8/c1-4-10(3)12-11-8-6-5-7-9(11)2;1-3-4-7-11-8-5-6-10(2)9-11;2*1-3-2/h5-8H,4H2,1-3H3;5-6,8-9H,3-4,7H2,1-2H3;2*3H2,1-2H3. The van der Waals surface area contributed by atoms with Gasteiger partial charge in [0.1, 0.15) is 0 Å². The van der Waals surface area contributed by atoms with Crippen LogP contribution in [0.5, 0.6) is 0 Å². The average Bonchev–Trinajstić information content (AvgIpc) is 2.70. The molecule has 0 spiro atoms. The van der Waals surface area contributed by atoms with Gasteiger partial charge in [-0.25, -0.2) is 0 Å². The molecule has 0 aromatic heterocycles. The van der Waals surface area contributed by atoms with Gasteiger partial charge in [0.25, 0.3) is 0 Å². The van der Waals surface area contributed by atoms with Crippen LogP contribution in [0.3, 0.4) is 0 Å². The third-order valence-corrected chi connectivity index (χ3v) is 3.84. The van der Waals surface area contributed by atoms with Gasteiger partial charge < -0.3 is 0 Å². The molecule has 29 heavy (non-hydrogen) atoms. The molecule has 0 aliphatic carbocycles. The highest BCUT2D eigenvalue weighted by atomic mass is 14.7. The lowest BCUT2D eigenvalue weighted by molar-refractivity contribution is 0.794. The monoisotopic (exact) mass is 397 g/mol. The van der Waals surface area contributed by atoms with Crippen molar-refractivity contribution in [2.45, 2.75) is 101 Å². The molecular formula is C28H47N. The topological polar surface area (TPSA) is 12.4 Å². The predicted octanol–water partition coefficient (Wildman–Crippen LogP) is 9.67. The van der Waals surface area contributed by atoms with Gasteiger partial charge in [-0.05, 0) is 57.2 Å². The molecule has 2 aromatic rings. The van der Waals surface area contributed by atoms with E-state index in [0.717, 1.165) is 12.1 Å². The molecule has 1 nitrogen and oxygen atoms in total. The Morgan fingerprint density at radius 3 is 1.86 bits per heavy atom. The normalized spacial score (nSPS) is 9.90. The maximum atomic E-state index is 4.49. The molecule has 0 aliphatic rings. The average molecular weight is 398 g/mol. The van der Waals surface area contributed by atoms with Crippen LogP contribution in [-0.2, 0) is 6.42 Å². The highest BCUT2D eigenvalue weighted by molar-refractivity contribution is 5.84. The zero-order valence-corrected chi connectivity index (χ0v) is 20.8. The first-order valence-corrected chi connectivity index (χ1v) is 11.5. The van der Waals surface area contributed by atoms with Crippen molar-refractivity contribution >= 4 is 11.4 Å². The van der Waals surface area contributed by atoms with Crippen molar-refractivity contribution in [2.75, 3.05) is 0 Å². The summed E-state index contributed by atoms with van der Waals surface area (Å²) < 4.78 is 0. The Morgan fingerprint density at radius 1 is 0.793 bits per heavy atom. The summed E-state index contributed by atoms with van der Waals surface area (Å²) in [5.74, 6) is 0. The molecule has 1 heteroatoms. The Kier molecular flexibility index (Phi) is 21.1. The molecule has 0 saturated heterocycles. The fourth-order valence-electron chi connectivity index (χ4n) is 2.22. The van der Waals surface area contributed by atoms with E-state index in [1.165, 1.54) is 54.5 Å². The Balaban J connectivity index is 0. The minimum atomic E-state index is 1.02. The quantitative estimate of drug-likeness (QED) is 0.445. The molecule has 0 heterocycles. The van der Waals surface area contributed by atoms with Crippen LogP contribution in [0.2, 0.25) is 0 Å². The Hall–Kier alpha value is -1.89. The number of hydrogen-bond acceptors (Lipinski definition) is 1. The largest absolute Gasteiger partial charge is 0.258 e. The summed E-state index contributed by atoms with van der Waals surface area (Å²) >= 11 is 0. The lowest BCUT2D eigenvalue weighted by Gasteiger charge is -2.00. The minimum absolute atomic E-state index is 1.02. The summed E-state index contributed by atoms with van der Waals surface area (Å²) in [5, 5.41) is 0. The van der Waals surface area contributed by atoms with Crippen molar-refractivity contribution in [2.24, 2.45) is 4.99 Å². The number of benzene rings is 2. The Labute approximate surface area is 182 Å². The van der Waals surface area contributed by atoms with E-state index in [1.807, 2.05) is 12.1 Å². The van der Waals surface area contributed by atoms with E-state index < -0.39 is 0 Å². The number of unbranched alkanes of at least 4 members (excludes halogenated alkanes) is 1. The van der Waals surface area contributed by atoms with Crippen LogP contribution in [0.4, 0.5) is 5.69 Å². The van der Waals surface area contributed by atoms with Gasteiger partial charge in [0, 0.05) is 5.71 Å². The Bertz CT molecular complexity index is 638. The molecule has 0 unspecified atom stereocenters. The van der Waals surface area contributed by atoms with E-state index in [2.05, 4.69) is 104 Å². The molecule has 0 saturated carbocycles. The SMILES string of the molecule is CCC.CCC.CCC(C)=Nc1ccccc1C.CCCCc1cccc(C)c1. The number of rotatable bonds is 5. The molecule has 0 amide bonds. The van der Waals surface area contributed by atoms with Gasteiger partial charge in [0.15, 0.2) is 0 Å². The molecule has 0 bridgehead atoms. The van der Waals surface area contributed by atoms with Crippen LogP contribution in [0.15, 0.2) is 53.5 Å². The third kappa shape index (κ3) is 17.9. The second-order valence-corrected chi connectivity index (χ2v) is 7.49. The first kappa shape index (κ1) is 29.3. The van der Waals surface area contributed by atoms with E-state index >= 15 is 0 Å². The number of aryl methyl sites for hydroxylation is 3. The lowest BCUT2D eigenvalue weighted by atomic mass is 10.1. The summed E-state index contributed by atoms with van der Waals surface area (Å²) in [4.78, 5) is 4.49. The number of hydrogen-bond donors (Lipinski definition) is 0. The summed E-state index contributed by atoms with van der Waals surface area (Å²) in [5.41, 5.74) is 6.37. The summed E-state index contributed by atoms with van der Waals surface area (Å²) in [6.07, 6.45) is 7.35. The highest BCUT2D eigenvalue weighted by Crippen LogP contribution is 2.17. The molecule has 0 N–H and O–H groups in total.